The van der Waals surface area contributed by atoms with Crippen molar-refractivity contribution >= 4 is 16.7 Å². The summed E-state index contributed by atoms with van der Waals surface area (Å²) in [4.78, 5) is 26.6. The Morgan fingerprint density at radius 1 is 1.24 bits per heavy atom. The van der Waals surface area contributed by atoms with Gasteiger partial charge in [-0.3, -0.25) is 9.80 Å². The van der Waals surface area contributed by atoms with E-state index in [9.17, 15) is 14.8 Å². The first-order valence-corrected chi connectivity index (χ1v) is 9.02. The topological polar surface area (TPSA) is 109 Å². The van der Waals surface area contributed by atoms with Crippen LogP contribution in [-0.2, 0) is 0 Å². The average molecular weight is 388 g/mol. The lowest BCUT2D eigenvalue weighted by Gasteiger charge is -2.09. The number of fused-ring (bicyclic) bond motifs is 1. The van der Waals surface area contributed by atoms with Gasteiger partial charge in [0, 0.05) is 36.5 Å². The molecule has 146 valence electrons. The molecule has 7 heteroatoms. The number of amides is 1. The number of primary amides is 1. The van der Waals surface area contributed by atoms with Crippen LogP contribution in [0.2, 0.25) is 0 Å². The van der Waals surface area contributed by atoms with Gasteiger partial charge in [-0.05, 0) is 23.6 Å². The van der Waals surface area contributed by atoms with Crippen LogP contribution in [0.15, 0.2) is 59.9 Å². The molecule has 0 spiro atoms. The zero-order valence-corrected chi connectivity index (χ0v) is 15.9. The van der Waals surface area contributed by atoms with Crippen molar-refractivity contribution in [3.8, 4) is 23.1 Å². The van der Waals surface area contributed by atoms with Crippen molar-refractivity contribution in [3.63, 3.8) is 0 Å². The number of nitrogens with zero attached hydrogens (tertiary/aromatic N) is 3. The number of hydrogen-bond donors (Lipinski definition) is 2. The van der Waals surface area contributed by atoms with Crippen LogP contribution in [0.1, 0.15) is 22.5 Å². The van der Waals surface area contributed by atoms with Gasteiger partial charge in [0.1, 0.15) is 11.8 Å². The van der Waals surface area contributed by atoms with Crippen LogP contribution in [0.3, 0.4) is 0 Å². The van der Waals surface area contributed by atoms with Crippen LogP contribution in [0.25, 0.3) is 22.0 Å². The van der Waals surface area contributed by atoms with E-state index in [2.05, 4.69) is 22.1 Å². The summed E-state index contributed by atoms with van der Waals surface area (Å²) in [7, 11) is 1.54. The second-order valence-electron chi connectivity index (χ2n) is 6.56. The van der Waals surface area contributed by atoms with E-state index < -0.39 is 12.0 Å². The molecule has 29 heavy (non-hydrogen) atoms. The summed E-state index contributed by atoms with van der Waals surface area (Å²) >= 11 is 0. The molecule has 0 aliphatic heterocycles. The first-order valence-electron chi connectivity index (χ1n) is 9.02. The minimum Gasteiger partial charge on any atom is -0.380 e. The van der Waals surface area contributed by atoms with Crippen molar-refractivity contribution in [3.05, 3.63) is 70.8 Å². The summed E-state index contributed by atoms with van der Waals surface area (Å²) in [6.07, 6.45) is -0.563. The minimum absolute atomic E-state index is 0.220. The number of hydrogen-bond acceptors (Lipinski definition) is 5. The van der Waals surface area contributed by atoms with Gasteiger partial charge in [0.2, 0.25) is 0 Å². The Hall–Kier alpha value is -3.76. The van der Waals surface area contributed by atoms with E-state index in [0.29, 0.717) is 29.6 Å². The molecule has 1 atom stereocenters. The van der Waals surface area contributed by atoms with Gasteiger partial charge in [-0.2, -0.15) is 0 Å². The quantitative estimate of drug-likeness (QED) is 0.383. The molecule has 0 radical (unpaired) electrons. The first-order chi connectivity index (χ1) is 14.0. The second-order valence-corrected chi connectivity index (χ2v) is 6.56. The Morgan fingerprint density at radius 2 is 2.03 bits per heavy atom. The number of aromatic nitrogens is 1. The van der Waals surface area contributed by atoms with Crippen LogP contribution in [0, 0.1) is 16.7 Å². The molecule has 2 aromatic carbocycles. The lowest BCUT2D eigenvalue weighted by atomic mass is 10.0. The van der Waals surface area contributed by atoms with Gasteiger partial charge in [-0.25, -0.2) is 4.98 Å². The van der Waals surface area contributed by atoms with Crippen molar-refractivity contribution < 1.29 is 9.90 Å². The molecule has 0 saturated carbocycles. The molecular formula is C22H20N4O3. The first kappa shape index (κ1) is 20.0. The number of aliphatic hydroxyl groups excluding tert-OH is 1. The molecule has 1 heterocycles. The van der Waals surface area contributed by atoms with Crippen molar-refractivity contribution in [2.45, 2.75) is 12.5 Å². The highest BCUT2D eigenvalue weighted by Crippen LogP contribution is 2.25. The fraction of sp³-hybridized carbons (Fsp3) is 0.182. The van der Waals surface area contributed by atoms with Gasteiger partial charge in [-0.15, -0.1) is 4.91 Å². The van der Waals surface area contributed by atoms with Gasteiger partial charge in [-0.1, -0.05) is 48.2 Å². The lowest BCUT2D eigenvalue weighted by molar-refractivity contribution is 0.0997. The Bertz CT molecular complexity index is 1120. The minimum atomic E-state index is -0.872. The average Bonchev–Trinajstić information content (AvgIpc) is 2.75. The standard InChI is InChI=1S/C22H20N4O3/c1-26(25-29)12-11-18(27)10-9-15-5-4-7-17(13-15)20-14-16-6-2-3-8-19(16)21(24-20)22(23)28/h2-8,13-14,18,27H,11-12H2,1H3,(H2,23,28)/t18-/m0/s1. The van der Waals surface area contributed by atoms with Crippen LogP contribution in [-0.4, -0.2) is 40.7 Å². The lowest BCUT2D eigenvalue weighted by Crippen LogP contribution is -2.17. The fourth-order valence-electron chi connectivity index (χ4n) is 2.88. The number of rotatable bonds is 6. The normalized spacial score (nSPS) is 11.4. The molecule has 3 N–H and O–H groups in total. The predicted octanol–water partition coefficient (Wildman–Crippen LogP) is 2.72. The van der Waals surface area contributed by atoms with E-state index in [1.807, 2.05) is 54.6 Å². The summed E-state index contributed by atoms with van der Waals surface area (Å²) < 4.78 is 0. The Labute approximate surface area is 168 Å². The van der Waals surface area contributed by atoms with Gasteiger partial charge >= 0.3 is 0 Å². The molecule has 0 fully saturated rings. The summed E-state index contributed by atoms with van der Waals surface area (Å²) in [5.41, 5.74) is 7.82. The fourth-order valence-corrected chi connectivity index (χ4v) is 2.88. The van der Waals surface area contributed by atoms with Crippen molar-refractivity contribution in [1.82, 2.24) is 9.99 Å². The Kier molecular flexibility index (Phi) is 6.17. The number of benzene rings is 2. The molecule has 0 unspecified atom stereocenters. The number of aliphatic hydroxyl groups is 1. The molecule has 3 aromatic rings. The van der Waals surface area contributed by atoms with Gasteiger partial charge in [0.25, 0.3) is 5.91 Å². The second kappa shape index (κ2) is 8.95. The highest BCUT2D eigenvalue weighted by atomic mass is 16.3. The van der Waals surface area contributed by atoms with Crippen LogP contribution in [0.5, 0.6) is 0 Å². The summed E-state index contributed by atoms with van der Waals surface area (Å²) in [5.74, 6) is 5.09. The maximum absolute atomic E-state index is 11.9. The van der Waals surface area contributed by atoms with Gasteiger partial charge in [0.15, 0.2) is 0 Å². The Balaban J connectivity index is 1.90. The molecule has 7 nitrogen and oxygen atoms in total. The van der Waals surface area contributed by atoms with Gasteiger partial charge < -0.3 is 10.8 Å². The molecule has 0 bridgehead atoms. The van der Waals surface area contributed by atoms with Crippen LogP contribution in [0.4, 0.5) is 0 Å². The number of pyridine rings is 1. The maximum Gasteiger partial charge on any atom is 0.267 e. The number of nitroso groups, excluding NO2 is 1. The predicted molar refractivity (Wildman–Crippen MR) is 112 cm³/mol. The zero-order chi connectivity index (χ0) is 20.8. The SMILES string of the molecule is CN(CC[C@@H](O)C#Cc1cccc(-c2cc3ccccc3c(C(N)=O)n2)c1)N=O. The number of nitrogens with two attached hydrogens (primary N) is 1. The molecule has 0 aliphatic rings. The molecular weight excluding hydrogens is 368 g/mol. The van der Waals surface area contributed by atoms with E-state index in [0.717, 1.165) is 10.9 Å². The number of carbonyl (C=O) groups is 1. The Morgan fingerprint density at radius 3 is 2.79 bits per heavy atom. The van der Waals surface area contributed by atoms with Gasteiger partial charge in [0.05, 0.1) is 11.0 Å². The molecule has 0 aliphatic carbocycles. The van der Waals surface area contributed by atoms with Crippen molar-refractivity contribution in [2.24, 2.45) is 11.0 Å². The van der Waals surface area contributed by atoms with E-state index in [1.54, 1.807) is 0 Å². The highest BCUT2D eigenvalue weighted by molar-refractivity contribution is 6.05. The molecule has 1 amide bonds. The monoisotopic (exact) mass is 388 g/mol. The smallest absolute Gasteiger partial charge is 0.267 e. The van der Waals surface area contributed by atoms with Crippen molar-refractivity contribution in [1.29, 1.82) is 0 Å². The zero-order valence-electron chi connectivity index (χ0n) is 15.9. The van der Waals surface area contributed by atoms with Crippen LogP contribution >= 0.6 is 0 Å². The maximum atomic E-state index is 11.9. The third kappa shape index (κ3) is 4.94. The summed E-state index contributed by atoms with van der Waals surface area (Å²) in [6.45, 7) is 0.316. The largest absolute Gasteiger partial charge is 0.380 e. The highest BCUT2D eigenvalue weighted by Gasteiger charge is 2.12. The number of carbonyl (C=O) groups excluding carboxylic acids is 1. The van der Waals surface area contributed by atoms with E-state index in [-0.39, 0.29) is 5.69 Å². The van der Waals surface area contributed by atoms with E-state index >= 15 is 0 Å². The third-order valence-electron chi connectivity index (χ3n) is 4.38. The molecule has 1 aromatic heterocycles. The third-order valence-corrected chi connectivity index (χ3v) is 4.38. The summed E-state index contributed by atoms with van der Waals surface area (Å²) in [6, 6.07) is 16.7. The van der Waals surface area contributed by atoms with Crippen molar-refractivity contribution in [2.75, 3.05) is 13.6 Å². The molecule has 3 rings (SSSR count). The van der Waals surface area contributed by atoms with E-state index in [4.69, 9.17) is 5.73 Å². The van der Waals surface area contributed by atoms with Crippen LogP contribution < -0.4 is 5.73 Å². The van der Waals surface area contributed by atoms with E-state index in [1.165, 1.54) is 12.1 Å². The molecule has 0 saturated heterocycles. The summed E-state index contributed by atoms with van der Waals surface area (Å²) in [5, 5.41) is 15.5.